The van der Waals surface area contributed by atoms with Crippen LogP contribution in [0.5, 0.6) is 0 Å². The van der Waals surface area contributed by atoms with E-state index in [1.165, 1.54) is 12.3 Å². The van der Waals surface area contributed by atoms with E-state index in [0.717, 1.165) is 0 Å². The zero-order chi connectivity index (χ0) is 17.2. The van der Waals surface area contributed by atoms with E-state index in [0.29, 0.717) is 28.5 Å². The Hall–Kier alpha value is -1.90. The van der Waals surface area contributed by atoms with Crippen molar-refractivity contribution >= 4 is 28.9 Å². The van der Waals surface area contributed by atoms with Gasteiger partial charge >= 0.3 is 0 Å². The van der Waals surface area contributed by atoms with Crippen LogP contribution in [0, 0.1) is 22.6 Å². The Morgan fingerprint density at radius 1 is 1.35 bits per heavy atom. The molecule has 4 nitrogen and oxygen atoms in total. The minimum atomic E-state index is -0.580. The first kappa shape index (κ1) is 17.5. The van der Waals surface area contributed by atoms with E-state index in [1.54, 1.807) is 37.9 Å². The molecule has 120 valence electrons. The van der Waals surface area contributed by atoms with Crippen molar-refractivity contribution in [3.05, 3.63) is 40.5 Å². The maximum atomic E-state index is 14.5. The highest BCUT2D eigenvalue weighted by Gasteiger charge is 2.21. The van der Waals surface area contributed by atoms with Gasteiger partial charge in [-0.25, -0.2) is 14.4 Å². The van der Waals surface area contributed by atoms with Crippen LogP contribution in [0.2, 0.25) is 10.3 Å². The molecular formula is C16H15Cl2FN4. The molecule has 1 heterocycles. The predicted molar refractivity (Wildman–Crippen MR) is 90.1 cm³/mol. The highest BCUT2D eigenvalue weighted by molar-refractivity contribution is 6.33. The number of benzene rings is 1. The van der Waals surface area contributed by atoms with E-state index >= 15 is 0 Å². The first-order valence-electron chi connectivity index (χ1n) is 6.84. The lowest BCUT2D eigenvalue weighted by Crippen LogP contribution is -2.30. The van der Waals surface area contributed by atoms with Crippen molar-refractivity contribution in [2.45, 2.75) is 13.8 Å². The molecule has 0 aliphatic heterocycles. The molecule has 0 aliphatic carbocycles. The van der Waals surface area contributed by atoms with Gasteiger partial charge in [-0.1, -0.05) is 17.7 Å². The number of nitrogens with zero attached hydrogens (tertiary/aromatic N) is 4. The molecule has 0 amide bonds. The van der Waals surface area contributed by atoms with Crippen molar-refractivity contribution in [1.29, 1.82) is 5.26 Å². The van der Waals surface area contributed by atoms with Gasteiger partial charge in [0.2, 0.25) is 5.28 Å². The SMILES string of the molecule is CN(CC(C)(C)C#N)c1ccc(-c2nc(Cl)ncc2Cl)cc1F. The molecule has 7 heteroatoms. The maximum absolute atomic E-state index is 14.5. The van der Waals surface area contributed by atoms with Gasteiger partial charge in [-0.3, -0.25) is 0 Å². The molecule has 0 atom stereocenters. The number of anilines is 1. The number of nitriles is 1. The van der Waals surface area contributed by atoms with E-state index in [-0.39, 0.29) is 5.28 Å². The van der Waals surface area contributed by atoms with Crippen molar-refractivity contribution in [3.8, 4) is 17.3 Å². The van der Waals surface area contributed by atoms with Crippen LogP contribution in [0.1, 0.15) is 13.8 Å². The standard InChI is InChI=1S/C16H15Cl2FN4/c1-16(2,8-20)9-23(3)13-5-4-10(6-12(13)19)14-11(17)7-21-15(18)22-14/h4-7H,9H2,1-3H3. The number of hydrogen-bond acceptors (Lipinski definition) is 4. The number of hydrogen-bond donors (Lipinski definition) is 0. The summed E-state index contributed by atoms with van der Waals surface area (Å²) in [5.74, 6) is -0.426. The van der Waals surface area contributed by atoms with Gasteiger partial charge in [0.15, 0.2) is 0 Å². The first-order valence-corrected chi connectivity index (χ1v) is 7.59. The lowest BCUT2D eigenvalue weighted by molar-refractivity contribution is 0.493. The summed E-state index contributed by atoms with van der Waals surface area (Å²) in [7, 11) is 1.74. The molecule has 0 saturated carbocycles. The summed E-state index contributed by atoms with van der Waals surface area (Å²) in [6.45, 7) is 4.01. The Kier molecular flexibility index (Phi) is 5.08. The molecule has 1 aromatic heterocycles. The van der Waals surface area contributed by atoms with Gasteiger partial charge in [-0.05, 0) is 37.6 Å². The van der Waals surface area contributed by atoms with Gasteiger partial charge in [0.25, 0.3) is 0 Å². The summed E-state index contributed by atoms with van der Waals surface area (Å²) in [5, 5.41) is 9.43. The minimum Gasteiger partial charge on any atom is -0.371 e. The van der Waals surface area contributed by atoms with Gasteiger partial charge in [-0.15, -0.1) is 0 Å². The van der Waals surface area contributed by atoms with Crippen LogP contribution in [-0.2, 0) is 0 Å². The molecule has 0 spiro atoms. The van der Waals surface area contributed by atoms with Gasteiger partial charge in [0.05, 0.1) is 34.1 Å². The van der Waals surface area contributed by atoms with Gasteiger partial charge in [-0.2, -0.15) is 5.26 Å². The summed E-state index contributed by atoms with van der Waals surface area (Å²) in [6, 6.07) is 6.88. The highest BCUT2D eigenvalue weighted by atomic mass is 35.5. The molecule has 0 radical (unpaired) electrons. The van der Waals surface area contributed by atoms with Gasteiger partial charge in [0, 0.05) is 19.2 Å². The molecule has 0 aliphatic rings. The third-order valence-corrected chi connectivity index (χ3v) is 3.74. The van der Waals surface area contributed by atoms with Crippen LogP contribution in [0.3, 0.4) is 0 Å². The van der Waals surface area contributed by atoms with Crippen LogP contribution < -0.4 is 4.90 Å². The number of halogens is 3. The lowest BCUT2D eigenvalue weighted by atomic mass is 9.95. The predicted octanol–water partition coefficient (Wildman–Crippen LogP) is 4.58. The average Bonchev–Trinajstić information content (AvgIpc) is 2.49. The lowest BCUT2D eigenvalue weighted by Gasteiger charge is -2.26. The van der Waals surface area contributed by atoms with Crippen molar-refractivity contribution in [2.24, 2.45) is 5.41 Å². The molecule has 0 saturated heterocycles. The molecule has 2 aromatic rings. The molecule has 0 fully saturated rings. The maximum Gasteiger partial charge on any atom is 0.222 e. The topological polar surface area (TPSA) is 52.8 Å². The normalized spacial score (nSPS) is 11.2. The molecule has 0 N–H and O–H groups in total. The van der Waals surface area contributed by atoms with E-state index in [1.807, 2.05) is 0 Å². The second kappa shape index (κ2) is 6.69. The quantitative estimate of drug-likeness (QED) is 0.756. The van der Waals surface area contributed by atoms with E-state index in [2.05, 4.69) is 16.0 Å². The van der Waals surface area contributed by atoms with Crippen LogP contribution in [0.4, 0.5) is 10.1 Å². The molecule has 23 heavy (non-hydrogen) atoms. The summed E-state index contributed by atoms with van der Waals surface area (Å²) in [6.07, 6.45) is 1.37. The monoisotopic (exact) mass is 352 g/mol. The molecule has 0 unspecified atom stereocenters. The fourth-order valence-corrected chi connectivity index (χ4v) is 2.56. The van der Waals surface area contributed by atoms with Crippen LogP contribution in [0.25, 0.3) is 11.3 Å². The first-order chi connectivity index (χ1) is 10.7. The summed E-state index contributed by atoms with van der Waals surface area (Å²) in [4.78, 5) is 9.51. The van der Waals surface area contributed by atoms with E-state index in [9.17, 15) is 4.39 Å². The van der Waals surface area contributed by atoms with Gasteiger partial charge in [0.1, 0.15) is 5.82 Å². The van der Waals surface area contributed by atoms with Crippen LogP contribution in [0.15, 0.2) is 24.4 Å². The molecule has 2 rings (SSSR count). The molecule has 1 aromatic carbocycles. The second-order valence-corrected chi connectivity index (χ2v) is 6.60. The summed E-state index contributed by atoms with van der Waals surface area (Å²) >= 11 is 11.8. The summed E-state index contributed by atoms with van der Waals surface area (Å²) < 4.78 is 14.5. The largest absolute Gasteiger partial charge is 0.371 e. The summed E-state index contributed by atoms with van der Waals surface area (Å²) in [5.41, 5.74) is 0.697. The Labute approximate surface area is 144 Å². The Morgan fingerprint density at radius 3 is 2.65 bits per heavy atom. The van der Waals surface area contributed by atoms with Crippen molar-refractivity contribution in [2.75, 3.05) is 18.5 Å². The van der Waals surface area contributed by atoms with Crippen LogP contribution >= 0.6 is 23.2 Å². The third-order valence-electron chi connectivity index (χ3n) is 3.28. The fraction of sp³-hybridized carbons (Fsp3) is 0.312. The van der Waals surface area contributed by atoms with Crippen molar-refractivity contribution in [1.82, 2.24) is 9.97 Å². The van der Waals surface area contributed by atoms with Crippen molar-refractivity contribution < 1.29 is 4.39 Å². The number of aromatic nitrogens is 2. The smallest absolute Gasteiger partial charge is 0.222 e. The minimum absolute atomic E-state index is 0.0433. The Bertz CT molecular complexity index is 771. The van der Waals surface area contributed by atoms with E-state index in [4.69, 9.17) is 28.5 Å². The van der Waals surface area contributed by atoms with E-state index < -0.39 is 11.2 Å². The Morgan fingerprint density at radius 2 is 2.04 bits per heavy atom. The molecular weight excluding hydrogens is 338 g/mol. The Balaban J connectivity index is 2.35. The highest BCUT2D eigenvalue weighted by Crippen LogP contribution is 2.30. The zero-order valence-electron chi connectivity index (χ0n) is 12.9. The van der Waals surface area contributed by atoms with Crippen LogP contribution in [-0.4, -0.2) is 23.6 Å². The average molecular weight is 353 g/mol. The molecule has 0 bridgehead atoms. The third kappa shape index (κ3) is 4.10. The number of rotatable bonds is 4. The second-order valence-electron chi connectivity index (χ2n) is 5.85. The van der Waals surface area contributed by atoms with Crippen molar-refractivity contribution in [3.63, 3.8) is 0 Å². The van der Waals surface area contributed by atoms with Gasteiger partial charge < -0.3 is 4.90 Å². The zero-order valence-corrected chi connectivity index (χ0v) is 14.5. The fourth-order valence-electron chi connectivity index (χ4n) is 2.23.